The van der Waals surface area contributed by atoms with Crippen LogP contribution in [0.5, 0.6) is 5.75 Å². The van der Waals surface area contributed by atoms with Crippen molar-refractivity contribution in [1.82, 2.24) is 10.2 Å². The van der Waals surface area contributed by atoms with Crippen LogP contribution in [0.2, 0.25) is 0 Å². The number of benzene rings is 2. The second-order valence-corrected chi connectivity index (χ2v) is 8.44. The van der Waals surface area contributed by atoms with Gasteiger partial charge in [-0.2, -0.15) is 13.2 Å². The standard InChI is InChI=1S/C24H27F3N2O2/c1-15-5-3-6-17(23(15)31-2)14-29-20-7-4-8-22(30)28-19(20)13-21(29)16-9-11-18(12-10-16)24(25,26)27/h3,5-6,9-12,19-21H,4,7-8,13-14H2,1-2H3,(H,28,30)/t19-,20+,21+/m0/s1. The number of nitrogens with one attached hydrogen (secondary N) is 1. The molecule has 2 fully saturated rings. The summed E-state index contributed by atoms with van der Waals surface area (Å²) in [6, 6.07) is 11.5. The number of hydrogen-bond donors (Lipinski definition) is 1. The maximum absolute atomic E-state index is 13.0. The van der Waals surface area contributed by atoms with E-state index in [-0.39, 0.29) is 24.0 Å². The zero-order valence-corrected chi connectivity index (χ0v) is 17.7. The Bertz CT molecular complexity index is 943. The third-order valence-electron chi connectivity index (χ3n) is 6.49. The summed E-state index contributed by atoms with van der Waals surface area (Å²) in [6.07, 6.45) is -1.50. The Morgan fingerprint density at radius 2 is 1.90 bits per heavy atom. The normalized spacial score (nSPS) is 24.4. The van der Waals surface area contributed by atoms with Gasteiger partial charge in [-0.3, -0.25) is 9.69 Å². The van der Waals surface area contributed by atoms with Crippen molar-refractivity contribution in [2.24, 2.45) is 0 Å². The van der Waals surface area contributed by atoms with Gasteiger partial charge in [0.1, 0.15) is 5.75 Å². The fourth-order valence-electron chi connectivity index (χ4n) is 5.04. The van der Waals surface area contributed by atoms with E-state index in [9.17, 15) is 18.0 Å². The number of para-hydroxylation sites is 1. The number of aryl methyl sites for hydroxylation is 1. The molecule has 2 aliphatic heterocycles. The minimum Gasteiger partial charge on any atom is -0.496 e. The lowest BCUT2D eigenvalue weighted by atomic mass is 10.0. The number of methoxy groups -OCH3 is 1. The van der Waals surface area contributed by atoms with Gasteiger partial charge >= 0.3 is 6.18 Å². The Morgan fingerprint density at radius 1 is 1.16 bits per heavy atom. The average molecular weight is 432 g/mol. The molecule has 0 aromatic heterocycles. The van der Waals surface area contributed by atoms with Gasteiger partial charge in [0.05, 0.1) is 12.7 Å². The van der Waals surface area contributed by atoms with Crippen LogP contribution in [0, 0.1) is 6.92 Å². The van der Waals surface area contributed by atoms with E-state index in [4.69, 9.17) is 4.74 Å². The molecule has 166 valence electrons. The Morgan fingerprint density at radius 3 is 2.58 bits per heavy atom. The molecular weight excluding hydrogens is 405 g/mol. The van der Waals surface area contributed by atoms with E-state index in [0.717, 1.165) is 47.4 Å². The van der Waals surface area contributed by atoms with Gasteiger partial charge in [0.2, 0.25) is 5.91 Å². The molecule has 0 spiro atoms. The maximum Gasteiger partial charge on any atom is 0.416 e. The van der Waals surface area contributed by atoms with Crippen LogP contribution in [0.4, 0.5) is 13.2 Å². The summed E-state index contributed by atoms with van der Waals surface area (Å²) in [5.41, 5.74) is 2.26. The number of ether oxygens (including phenoxy) is 1. The lowest BCUT2D eigenvalue weighted by molar-refractivity contribution is -0.137. The van der Waals surface area contributed by atoms with Gasteiger partial charge in [-0.1, -0.05) is 30.3 Å². The second kappa shape index (κ2) is 8.54. The number of rotatable bonds is 4. The smallest absolute Gasteiger partial charge is 0.416 e. The summed E-state index contributed by atoms with van der Waals surface area (Å²) in [4.78, 5) is 14.5. The van der Waals surface area contributed by atoms with Gasteiger partial charge in [0, 0.05) is 36.7 Å². The first kappa shape index (κ1) is 21.7. The number of fused-ring (bicyclic) bond motifs is 1. The number of alkyl halides is 3. The van der Waals surface area contributed by atoms with Crippen molar-refractivity contribution in [2.45, 2.75) is 63.5 Å². The van der Waals surface area contributed by atoms with Crippen molar-refractivity contribution < 1.29 is 22.7 Å². The molecule has 7 heteroatoms. The molecule has 2 aliphatic rings. The van der Waals surface area contributed by atoms with Crippen LogP contribution >= 0.6 is 0 Å². The fraction of sp³-hybridized carbons (Fsp3) is 0.458. The molecule has 1 N–H and O–H groups in total. The summed E-state index contributed by atoms with van der Waals surface area (Å²) < 4.78 is 44.8. The summed E-state index contributed by atoms with van der Waals surface area (Å²) in [5, 5.41) is 3.14. The Labute approximate surface area is 180 Å². The first-order chi connectivity index (χ1) is 14.8. The summed E-state index contributed by atoms with van der Waals surface area (Å²) in [6.45, 7) is 2.60. The van der Waals surface area contributed by atoms with Gasteiger partial charge in [-0.25, -0.2) is 0 Å². The van der Waals surface area contributed by atoms with E-state index >= 15 is 0 Å². The first-order valence-electron chi connectivity index (χ1n) is 10.6. The molecule has 2 saturated heterocycles. The van der Waals surface area contributed by atoms with Crippen molar-refractivity contribution in [3.05, 3.63) is 64.7 Å². The lowest BCUT2D eigenvalue weighted by Gasteiger charge is -2.32. The largest absolute Gasteiger partial charge is 0.496 e. The van der Waals surface area contributed by atoms with Gasteiger partial charge in [-0.15, -0.1) is 0 Å². The number of hydrogen-bond acceptors (Lipinski definition) is 3. The molecule has 4 rings (SSSR count). The van der Waals surface area contributed by atoms with E-state index in [1.54, 1.807) is 19.2 Å². The Hall–Kier alpha value is -2.54. The third kappa shape index (κ3) is 4.42. The third-order valence-corrected chi connectivity index (χ3v) is 6.49. The number of amides is 1. The highest BCUT2D eigenvalue weighted by molar-refractivity contribution is 5.76. The predicted molar refractivity (Wildman–Crippen MR) is 112 cm³/mol. The first-order valence-corrected chi connectivity index (χ1v) is 10.6. The van der Waals surface area contributed by atoms with E-state index < -0.39 is 11.7 Å². The molecule has 3 atom stereocenters. The van der Waals surface area contributed by atoms with Crippen LogP contribution in [0.3, 0.4) is 0 Å². The minimum absolute atomic E-state index is 0.0157. The lowest BCUT2D eigenvalue weighted by Crippen LogP contribution is -2.42. The predicted octanol–water partition coefficient (Wildman–Crippen LogP) is 5.01. The number of carbonyl (C=O) groups excluding carboxylic acids is 1. The van der Waals surface area contributed by atoms with Crippen molar-refractivity contribution >= 4 is 5.91 Å². The van der Waals surface area contributed by atoms with E-state index in [1.165, 1.54) is 0 Å². The molecular formula is C24H27F3N2O2. The molecule has 0 aliphatic carbocycles. The SMILES string of the molecule is COc1c(C)cccc1CN1[C@@H](c2ccc(C(F)(F)F)cc2)C[C@@H]2NC(=O)CCC[C@H]21. The molecule has 2 aromatic carbocycles. The molecule has 0 unspecified atom stereocenters. The highest BCUT2D eigenvalue weighted by Gasteiger charge is 2.43. The van der Waals surface area contributed by atoms with Gasteiger partial charge in [0.25, 0.3) is 0 Å². The molecule has 31 heavy (non-hydrogen) atoms. The molecule has 2 aromatic rings. The monoisotopic (exact) mass is 432 g/mol. The molecule has 4 nitrogen and oxygen atoms in total. The van der Waals surface area contributed by atoms with Crippen LogP contribution in [-0.2, 0) is 17.5 Å². The van der Waals surface area contributed by atoms with Crippen molar-refractivity contribution in [1.29, 1.82) is 0 Å². The van der Waals surface area contributed by atoms with E-state index in [1.807, 2.05) is 25.1 Å². The van der Waals surface area contributed by atoms with Crippen LogP contribution in [0.15, 0.2) is 42.5 Å². The van der Waals surface area contributed by atoms with Crippen molar-refractivity contribution in [2.75, 3.05) is 7.11 Å². The number of halogens is 3. The van der Waals surface area contributed by atoms with E-state index in [0.29, 0.717) is 19.4 Å². The number of nitrogens with zero attached hydrogens (tertiary/aromatic N) is 1. The average Bonchev–Trinajstić information content (AvgIpc) is 2.93. The topological polar surface area (TPSA) is 41.6 Å². The van der Waals surface area contributed by atoms with Gasteiger partial charge in [-0.05, 0) is 49.4 Å². The van der Waals surface area contributed by atoms with Gasteiger partial charge < -0.3 is 10.1 Å². The van der Waals surface area contributed by atoms with Crippen molar-refractivity contribution in [3.8, 4) is 5.75 Å². The van der Waals surface area contributed by atoms with Gasteiger partial charge in [0.15, 0.2) is 0 Å². The molecule has 2 heterocycles. The summed E-state index contributed by atoms with van der Waals surface area (Å²) in [7, 11) is 1.65. The summed E-state index contributed by atoms with van der Waals surface area (Å²) in [5.74, 6) is 0.878. The second-order valence-electron chi connectivity index (χ2n) is 8.44. The molecule has 0 radical (unpaired) electrons. The number of likely N-dealkylation sites (tertiary alicyclic amines) is 1. The zero-order chi connectivity index (χ0) is 22.2. The molecule has 0 saturated carbocycles. The van der Waals surface area contributed by atoms with Crippen LogP contribution in [0.25, 0.3) is 0 Å². The fourth-order valence-corrected chi connectivity index (χ4v) is 5.04. The highest BCUT2D eigenvalue weighted by atomic mass is 19.4. The number of carbonyl (C=O) groups is 1. The van der Waals surface area contributed by atoms with Crippen LogP contribution < -0.4 is 10.1 Å². The van der Waals surface area contributed by atoms with Crippen LogP contribution in [-0.4, -0.2) is 30.0 Å². The summed E-state index contributed by atoms with van der Waals surface area (Å²) >= 11 is 0. The molecule has 1 amide bonds. The van der Waals surface area contributed by atoms with Crippen LogP contribution in [0.1, 0.15) is 54.0 Å². The Balaban J connectivity index is 1.69. The van der Waals surface area contributed by atoms with Crippen molar-refractivity contribution in [3.63, 3.8) is 0 Å². The minimum atomic E-state index is -4.36. The zero-order valence-electron chi connectivity index (χ0n) is 17.7. The highest BCUT2D eigenvalue weighted by Crippen LogP contribution is 2.42. The molecule has 0 bridgehead atoms. The van der Waals surface area contributed by atoms with E-state index in [2.05, 4.69) is 10.2 Å². The quantitative estimate of drug-likeness (QED) is 0.739. The Kier molecular flexibility index (Phi) is 5.97. The maximum atomic E-state index is 13.0.